The second-order valence-corrected chi connectivity index (χ2v) is 5.26. The third-order valence-corrected chi connectivity index (χ3v) is 4.20. The van der Waals surface area contributed by atoms with Crippen LogP contribution in [0.25, 0.3) is 0 Å². The van der Waals surface area contributed by atoms with Crippen molar-refractivity contribution < 1.29 is 4.79 Å². The van der Waals surface area contributed by atoms with Crippen molar-refractivity contribution in [1.82, 2.24) is 0 Å². The fourth-order valence-corrected chi connectivity index (χ4v) is 2.91. The minimum Gasteiger partial charge on any atom is -0.370 e. The van der Waals surface area contributed by atoms with E-state index in [0.717, 1.165) is 5.75 Å². The largest absolute Gasteiger partial charge is 0.370 e. The normalized spacial score (nSPS) is 10.5. The summed E-state index contributed by atoms with van der Waals surface area (Å²) in [6, 6.07) is 2.21. The van der Waals surface area contributed by atoms with Gasteiger partial charge in [0.25, 0.3) is 0 Å². The molecule has 0 fully saturated rings. The standard InChI is InChI=1S/C13H19NOS/c1-8-7-9(2)11(4)13(10(8)3)16-6-5-12(14)15/h7H,5-6H2,1-4H3,(H2,14,15). The van der Waals surface area contributed by atoms with Crippen LogP contribution in [0.4, 0.5) is 0 Å². The van der Waals surface area contributed by atoms with Gasteiger partial charge >= 0.3 is 0 Å². The van der Waals surface area contributed by atoms with Crippen molar-refractivity contribution >= 4 is 17.7 Å². The highest BCUT2D eigenvalue weighted by molar-refractivity contribution is 7.99. The summed E-state index contributed by atoms with van der Waals surface area (Å²) in [6.45, 7) is 8.52. The molecular weight excluding hydrogens is 218 g/mol. The van der Waals surface area contributed by atoms with Gasteiger partial charge in [0.05, 0.1) is 0 Å². The van der Waals surface area contributed by atoms with Crippen LogP contribution in [-0.2, 0) is 4.79 Å². The van der Waals surface area contributed by atoms with Crippen LogP contribution in [0.5, 0.6) is 0 Å². The molecule has 3 heteroatoms. The number of carbonyl (C=O) groups excluding carboxylic acids is 1. The average Bonchev–Trinajstić information content (AvgIpc) is 2.20. The fourth-order valence-electron chi connectivity index (χ4n) is 1.65. The van der Waals surface area contributed by atoms with E-state index in [9.17, 15) is 4.79 Å². The molecule has 2 nitrogen and oxygen atoms in total. The molecule has 0 aliphatic carbocycles. The van der Waals surface area contributed by atoms with Crippen molar-refractivity contribution in [3.8, 4) is 0 Å². The molecule has 1 aromatic rings. The van der Waals surface area contributed by atoms with Crippen LogP contribution in [-0.4, -0.2) is 11.7 Å². The van der Waals surface area contributed by atoms with Crippen LogP contribution < -0.4 is 5.73 Å². The van der Waals surface area contributed by atoms with Crippen molar-refractivity contribution in [3.05, 3.63) is 28.3 Å². The molecule has 0 spiro atoms. The predicted molar refractivity (Wildman–Crippen MR) is 69.9 cm³/mol. The van der Waals surface area contributed by atoms with Crippen LogP contribution >= 0.6 is 11.8 Å². The van der Waals surface area contributed by atoms with Gasteiger partial charge < -0.3 is 5.73 Å². The van der Waals surface area contributed by atoms with Gasteiger partial charge in [0.2, 0.25) is 5.91 Å². The first-order valence-corrected chi connectivity index (χ1v) is 6.40. The minimum absolute atomic E-state index is 0.229. The zero-order chi connectivity index (χ0) is 12.3. The minimum atomic E-state index is -0.229. The zero-order valence-corrected chi connectivity index (χ0v) is 11.2. The van der Waals surface area contributed by atoms with E-state index in [2.05, 4.69) is 33.8 Å². The molecule has 0 bridgehead atoms. The third kappa shape index (κ3) is 3.01. The average molecular weight is 237 g/mol. The Morgan fingerprint density at radius 2 is 1.69 bits per heavy atom. The van der Waals surface area contributed by atoms with Gasteiger partial charge in [-0.15, -0.1) is 11.8 Å². The number of carbonyl (C=O) groups is 1. The van der Waals surface area contributed by atoms with Crippen molar-refractivity contribution in [2.45, 2.75) is 39.0 Å². The number of benzene rings is 1. The van der Waals surface area contributed by atoms with E-state index in [0.29, 0.717) is 6.42 Å². The molecule has 2 N–H and O–H groups in total. The Hall–Kier alpha value is -0.960. The summed E-state index contributed by atoms with van der Waals surface area (Å²) in [7, 11) is 0. The summed E-state index contributed by atoms with van der Waals surface area (Å²) in [5.74, 6) is 0.534. The van der Waals surface area contributed by atoms with E-state index >= 15 is 0 Å². The van der Waals surface area contributed by atoms with Gasteiger partial charge in [-0.25, -0.2) is 0 Å². The second-order valence-electron chi connectivity index (χ2n) is 4.15. The number of amides is 1. The van der Waals surface area contributed by atoms with Crippen molar-refractivity contribution in [3.63, 3.8) is 0 Å². The van der Waals surface area contributed by atoms with Crippen molar-refractivity contribution in [2.24, 2.45) is 5.73 Å². The Labute approximate surface area is 102 Å². The molecule has 0 aromatic heterocycles. The first-order chi connectivity index (χ1) is 7.43. The Kier molecular flexibility index (Phi) is 4.42. The molecule has 0 aliphatic heterocycles. The van der Waals surface area contributed by atoms with Crippen LogP contribution in [0.2, 0.25) is 0 Å². The van der Waals surface area contributed by atoms with E-state index in [1.807, 2.05) is 0 Å². The third-order valence-electron chi connectivity index (χ3n) is 2.89. The molecule has 88 valence electrons. The number of rotatable bonds is 4. The highest BCUT2D eigenvalue weighted by Gasteiger charge is 2.09. The molecule has 0 unspecified atom stereocenters. The molecule has 0 saturated carbocycles. The second kappa shape index (κ2) is 5.39. The summed E-state index contributed by atoms with van der Waals surface area (Å²) >= 11 is 1.73. The lowest BCUT2D eigenvalue weighted by atomic mass is 10.0. The van der Waals surface area contributed by atoms with Crippen molar-refractivity contribution in [1.29, 1.82) is 0 Å². The number of thioether (sulfide) groups is 1. The van der Waals surface area contributed by atoms with Gasteiger partial charge in [-0.05, 0) is 49.9 Å². The first-order valence-electron chi connectivity index (χ1n) is 5.42. The van der Waals surface area contributed by atoms with Gasteiger partial charge in [-0.3, -0.25) is 4.79 Å². The van der Waals surface area contributed by atoms with Crippen LogP contribution in [0.15, 0.2) is 11.0 Å². The molecule has 0 atom stereocenters. The van der Waals surface area contributed by atoms with Crippen LogP contribution in [0.1, 0.15) is 28.7 Å². The first kappa shape index (κ1) is 13.1. The molecule has 1 aromatic carbocycles. The number of hydrogen-bond donors (Lipinski definition) is 1. The summed E-state index contributed by atoms with van der Waals surface area (Å²) in [5.41, 5.74) is 10.4. The van der Waals surface area contributed by atoms with E-state index in [-0.39, 0.29) is 5.91 Å². The Balaban J connectivity index is 2.90. The van der Waals surface area contributed by atoms with E-state index < -0.39 is 0 Å². The van der Waals surface area contributed by atoms with Gasteiger partial charge in [0, 0.05) is 17.1 Å². The quantitative estimate of drug-likeness (QED) is 0.818. The highest BCUT2D eigenvalue weighted by Crippen LogP contribution is 2.31. The number of nitrogens with two attached hydrogens (primary N) is 1. The molecule has 0 aliphatic rings. The van der Waals surface area contributed by atoms with Gasteiger partial charge in [-0.2, -0.15) is 0 Å². The summed E-state index contributed by atoms with van der Waals surface area (Å²) in [4.78, 5) is 12.0. The maximum atomic E-state index is 10.7. The molecule has 1 rings (SSSR count). The van der Waals surface area contributed by atoms with Gasteiger partial charge in [0.1, 0.15) is 0 Å². The molecule has 0 heterocycles. The van der Waals surface area contributed by atoms with Crippen LogP contribution in [0, 0.1) is 27.7 Å². The number of primary amides is 1. The maximum absolute atomic E-state index is 10.7. The van der Waals surface area contributed by atoms with Crippen LogP contribution in [0.3, 0.4) is 0 Å². The molecular formula is C13H19NOS. The summed E-state index contributed by atoms with van der Waals surface area (Å²) in [5, 5.41) is 0. The lowest BCUT2D eigenvalue weighted by Gasteiger charge is -2.14. The Morgan fingerprint density at radius 3 is 2.12 bits per heavy atom. The monoisotopic (exact) mass is 237 g/mol. The van der Waals surface area contributed by atoms with Crippen molar-refractivity contribution in [2.75, 3.05) is 5.75 Å². The smallest absolute Gasteiger partial charge is 0.218 e. The molecule has 1 amide bonds. The fraction of sp³-hybridized carbons (Fsp3) is 0.462. The Bertz CT molecular complexity index is 387. The van der Waals surface area contributed by atoms with Gasteiger partial charge in [0.15, 0.2) is 0 Å². The molecule has 16 heavy (non-hydrogen) atoms. The molecule has 0 saturated heterocycles. The van der Waals surface area contributed by atoms with Gasteiger partial charge in [-0.1, -0.05) is 6.07 Å². The zero-order valence-electron chi connectivity index (χ0n) is 10.4. The number of hydrogen-bond acceptors (Lipinski definition) is 2. The lowest BCUT2D eigenvalue weighted by molar-refractivity contribution is -0.117. The lowest BCUT2D eigenvalue weighted by Crippen LogP contribution is -2.11. The van der Waals surface area contributed by atoms with E-state index in [1.54, 1.807) is 11.8 Å². The maximum Gasteiger partial charge on any atom is 0.218 e. The highest BCUT2D eigenvalue weighted by atomic mass is 32.2. The van der Waals surface area contributed by atoms with E-state index in [1.165, 1.54) is 27.1 Å². The predicted octanol–water partition coefficient (Wildman–Crippen LogP) is 2.89. The van der Waals surface area contributed by atoms with E-state index in [4.69, 9.17) is 5.73 Å². The number of aryl methyl sites for hydroxylation is 2. The summed E-state index contributed by atoms with van der Waals surface area (Å²) < 4.78 is 0. The Morgan fingerprint density at radius 1 is 1.19 bits per heavy atom. The summed E-state index contributed by atoms with van der Waals surface area (Å²) in [6.07, 6.45) is 0.441. The topological polar surface area (TPSA) is 43.1 Å². The molecule has 0 radical (unpaired) electrons. The SMILES string of the molecule is Cc1cc(C)c(C)c(SCCC(N)=O)c1C.